The molecule has 0 aliphatic carbocycles. The van der Waals surface area contributed by atoms with Gasteiger partial charge in [0.15, 0.2) is 11.6 Å². The second kappa shape index (κ2) is 4.68. The minimum Gasteiger partial charge on any atom is -0.380 e. The van der Waals surface area contributed by atoms with Gasteiger partial charge in [-0.25, -0.2) is 4.98 Å². The molecular formula is C13H10ClN3OS. The van der Waals surface area contributed by atoms with Gasteiger partial charge in [-0.15, -0.1) is 11.3 Å². The topological polar surface area (TPSA) is 64.9 Å². The predicted octanol–water partition coefficient (Wildman–Crippen LogP) is 4.01. The van der Waals surface area contributed by atoms with Crippen molar-refractivity contribution in [1.82, 2.24) is 10.1 Å². The number of nitrogen functional groups attached to an aromatic ring is 1. The minimum absolute atomic E-state index is 0.314. The maximum Gasteiger partial charge on any atom is 0.196 e. The van der Waals surface area contributed by atoms with Crippen LogP contribution in [0.1, 0.15) is 5.01 Å². The Morgan fingerprint density at radius 3 is 2.79 bits per heavy atom. The second-order valence-corrected chi connectivity index (χ2v) is 5.47. The first-order valence-corrected chi connectivity index (χ1v) is 6.85. The molecule has 0 saturated heterocycles. The average molecular weight is 292 g/mol. The molecule has 2 N–H and O–H groups in total. The fraction of sp³-hybridized carbons (Fsp3) is 0.0769. The molecule has 96 valence electrons. The van der Waals surface area contributed by atoms with Gasteiger partial charge in [-0.1, -0.05) is 35.0 Å². The highest BCUT2D eigenvalue weighted by molar-refractivity contribution is 7.09. The zero-order chi connectivity index (χ0) is 13.4. The Hall–Kier alpha value is -1.85. The Morgan fingerprint density at radius 2 is 2.11 bits per heavy atom. The van der Waals surface area contributed by atoms with Crippen LogP contribution in [0.5, 0.6) is 0 Å². The van der Waals surface area contributed by atoms with E-state index in [9.17, 15) is 0 Å². The summed E-state index contributed by atoms with van der Waals surface area (Å²) in [5.41, 5.74) is 8.11. The normalized spacial score (nSPS) is 10.8. The summed E-state index contributed by atoms with van der Waals surface area (Å²) >= 11 is 7.75. The van der Waals surface area contributed by atoms with E-state index in [0.717, 1.165) is 16.3 Å². The Labute approximate surface area is 118 Å². The van der Waals surface area contributed by atoms with Crippen molar-refractivity contribution in [2.75, 3.05) is 5.73 Å². The van der Waals surface area contributed by atoms with Gasteiger partial charge < -0.3 is 10.3 Å². The van der Waals surface area contributed by atoms with Gasteiger partial charge in [-0.3, -0.25) is 0 Å². The van der Waals surface area contributed by atoms with Crippen molar-refractivity contribution in [3.8, 4) is 22.6 Å². The van der Waals surface area contributed by atoms with Crippen molar-refractivity contribution < 1.29 is 4.52 Å². The SMILES string of the molecule is Cc1nc(-c2onc(N)c2-c2ccccc2Cl)cs1. The molecule has 2 aromatic heterocycles. The summed E-state index contributed by atoms with van der Waals surface area (Å²) in [5.74, 6) is 0.865. The van der Waals surface area contributed by atoms with Gasteiger partial charge >= 0.3 is 0 Å². The summed E-state index contributed by atoms with van der Waals surface area (Å²) in [6, 6.07) is 7.44. The van der Waals surface area contributed by atoms with Gasteiger partial charge in [0.25, 0.3) is 0 Å². The number of hydrogen-bond acceptors (Lipinski definition) is 5. The summed E-state index contributed by atoms with van der Waals surface area (Å²) in [4.78, 5) is 4.40. The lowest BCUT2D eigenvalue weighted by Gasteiger charge is -2.03. The molecule has 6 heteroatoms. The first-order valence-electron chi connectivity index (χ1n) is 5.59. The summed E-state index contributed by atoms with van der Waals surface area (Å²) in [6.07, 6.45) is 0. The molecule has 0 atom stereocenters. The van der Waals surface area contributed by atoms with Crippen LogP contribution >= 0.6 is 22.9 Å². The largest absolute Gasteiger partial charge is 0.380 e. The number of rotatable bonds is 2. The van der Waals surface area contributed by atoms with Crippen molar-refractivity contribution >= 4 is 28.8 Å². The van der Waals surface area contributed by atoms with Crippen LogP contribution in [0.4, 0.5) is 5.82 Å². The number of aromatic nitrogens is 2. The lowest BCUT2D eigenvalue weighted by Crippen LogP contribution is -1.89. The third-order valence-electron chi connectivity index (χ3n) is 2.71. The molecule has 2 heterocycles. The third kappa shape index (κ3) is 2.11. The van der Waals surface area contributed by atoms with E-state index in [0.29, 0.717) is 22.2 Å². The lowest BCUT2D eigenvalue weighted by molar-refractivity contribution is 0.435. The number of nitrogens with zero attached hydrogens (tertiary/aromatic N) is 2. The molecule has 0 aliphatic heterocycles. The number of nitrogens with two attached hydrogens (primary N) is 1. The zero-order valence-electron chi connectivity index (χ0n) is 10.1. The highest BCUT2D eigenvalue weighted by Gasteiger charge is 2.21. The third-order valence-corrected chi connectivity index (χ3v) is 3.82. The number of benzene rings is 1. The molecule has 0 amide bonds. The van der Waals surface area contributed by atoms with Gasteiger partial charge in [0.1, 0.15) is 5.69 Å². The van der Waals surface area contributed by atoms with E-state index in [1.807, 2.05) is 30.5 Å². The Morgan fingerprint density at radius 1 is 1.32 bits per heavy atom. The molecule has 0 unspecified atom stereocenters. The molecule has 1 aromatic carbocycles. The monoisotopic (exact) mass is 291 g/mol. The summed E-state index contributed by atoms with van der Waals surface area (Å²) in [5, 5.41) is 7.30. The zero-order valence-corrected chi connectivity index (χ0v) is 11.6. The second-order valence-electron chi connectivity index (χ2n) is 4.00. The molecule has 0 bridgehead atoms. The van der Waals surface area contributed by atoms with Crippen LogP contribution in [0, 0.1) is 6.92 Å². The van der Waals surface area contributed by atoms with Crippen LogP contribution in [0.15, 0.2) is 34.2 Å². The Bertz CT molecular complexity index is 735. The molecule has 0 fully saturated rings. The molecule has 0 aliphatic rings. The van der Waals surface area contributed by atoms with Crippen LogP contribution in [0.3, 0.4) is 0 Å². The van der Waals surface area contributed by atoms with E-state index in [1.54, 1.807) is 17.4 Å². The quantitative estimate of drug-likeness (QED) is 0.775. The lowest BCUT2D eigenvalue weighted by atomic mass is 10.0. The molecule has 0 saturated carbocycles. The fourth-order valence-corrected chi connectivity index (χ4v) is 2.69. The number of thiazole rings is 1. The maximum absolute atomic E-state index is 6.21. The Balaban J connectivity index is 2.22. The molecule has 4 nitrogen and oxygen atoms in total. The van der Waals surface area contributed by atoms with Gasteiger partial charge in [0.2, 0.25) is 0 Å². The number of hydrogen-bond donors (Lipinski definition) is 1. The number of aryl methyl sites for hydroxylation is 1. The molecule has 0 spiro atoms. The maximum atomic E-state index is 6.21. The summed E-state index contributed by atoms with van der Waals surface area (Å²) in [6.45, 7) is 1.93. The molecule has 3 aromatic rings. The van der Waals surface area contributed by atoms with E-state index >= 15 is 0 Å². The highest BCUT2D eigenvalue weighted by Crippen LogP contribution is 2.39. The van der Waals surface area contributed by atoms with Crippen LogP contribution < -0.4 is 5.73 Å². The van der Waals surface area contributed by atoms with Crippen LogP contribution in [-0.4, -0.2) is 10.1 Å². The molecule has 0 radical (unpaired) electrons. The first kappa shape index (κ1) is 12.2. The van der Waals surface area contributed by atoms with Crippen molar-refractivity contribution in [1.29, 1.82) is 0 Å². The van der Waals surface area contributed by atoms with E-state index in [-0.39, 0.29) is 0 Å². The smallest absolute Gasteiger partial charge is 0.196 e. The van der Waals surface area contributed by atoms with Crippen LogP contribution in [-0.2, 0) is 0 Å². The van der Waals surface area contributed by atoms with Crippen molar-refractivity contribution in [2.24, 2.45) is 0 Å². The summed E-state index contributed by atoms with van der Waals surface area (Å²) < 4.78 is 5.31. The van der Waals surface area contributed by atoms with Gasteiger partial charge in [-0.05, 0) is 13.0 Å². The van der Waals surface area contributed by atoms with Gasteiger partial charge in [-0.2, -0.15) is 0 Å². The number of anilines is 1. The van der Waals surface area contributed by atoms with Gasteiger partial charge in [0, 0.05) is 16.0 Å². The van der Waals surface area contributed by atoms with Crippen LogP contribution in [0.2, 0.25) is 5.02 Å². The highest BCUT2D eigenvalue weighted by atomic mass is 35.5. The van der Waals surface area contributed by atoms with Crippen molar-refractivity contribution in [3.05, 3.63) is 39.7 Å². The van der Waals surface area contributed by atoms with Crippen molar-refractivity contribution in [3.63, 3.8) is 0 Å². The predicted molar refractivity (Wildman–Crippen MR) is 77.2 cm³/mol. The number of halogens is 1. The fourth-order valence-electron chi connectivity index (χ4n) is 1.87. The molecule has 19 heavy (non-hydrogen) atoms. The van der Waals surface area contributed by atoms with E-state index in [4.69, 9.17) is 21.9 Å². The Kier molecular flexibility index (Phi) is 3.00. The van der Waals surface area contributed by atoms with Gasteiger partial charge in [0.05, 0.1) is 10.6 Å². The van der Waals surface area contributed by atoms with Crippen molar-refractivity contribution in [2.45, 2.75) is 6.92 Å². The first-order chi connectivity index (χ1) is 9.16. The molecular weight excluding hydrogens is 282 g/mol. The van der Waals surface area contributed by atoms with E-state index < -0.39 is 0 Å². The van der Waals surface area contributed by atoms with E-state index in [2.05, 4.69) is 10.1 Å². The minimum atomic E-state index is 0.314. The summed E-state index contributed by atoms with van der Waals surface area (Å²) in [7, 11) is 0. The van der Waals surface area contributed by atoms with E-state index in [1.165, 1.54) is 0 Å². The average Bonchev–Trinajstić information content (AvgIpc) is 2.96. The molecule has 3 rings (SSSR count). The van der Waals surface area contributed by atoms with Crippen LogP contribution in [0.25, 0.3) is 22.6 Å². The standard InChI is InChI=1S/C13H10ClN3OS/c1-7-16-10(6-19-7)12-11(13(15)17-18-12)8-4-2-3-5-9(8)14/h2-6H,1H3,(H2,15,17).